The molecule has 2 unspecified atom stereocenters. The number of methoxy groups -OCH3 is 2. The Labute approximate surface area is 291 Å². The van der Waals surface area contributed by atoms with Crippen molar-refractivity contribution in [1.82, 2.24) is 25.8 Å². The van der Waals surface area contributed by atoms with Crippen molar-refractivity contribution in [1.29, 1.82) is 0 Å². The number of amides is 4. The Morgan fingerprint density at radius 1 is 1.02 bits per heavy atom. The lowest BCUT2D eigenvalue weighted by atomic mass is 9.90. The van der Waals surface area contributed by atoms with Crippen LogP contribution in [-0.2, 0) is 39.9 Å². The molecule has 1 aromatic rings. The first-order valence-electron chi connectivity index (χ1n) is 17.3. The summed E-state index contributed by atoms with van der Waals surface area (Å²) in [5.41, 5.74) is 0.785. The first-order chi connectivity index (χ1) is 23.2. The van der Waals surface area contributed by atoms with E-state index in [1.807, 2.05) is 58.0 Å². The molecule has 1 heterocycles. The molecule has 13 nitrogen and oxygen atoms in total. The number of carbonyl (C=O) groups is 5. The largest absolute Gasteiger partial charge is 0.480 e. The molecule has 1 fully saturated rings. The average molecular weight is 690 g/mol. The summed E-state index contributed by atoms with van der Waals surface area (Å²) < 4.78 is 11.7. The summed E-state index contributed by atoms with van der Waals surface area (Å²) >= 11 is 0. The van der Waals surface area contributed by atoms with Gasteiger partial charge in [0.25, 0.3) is 0 Å². The van der Waals surface area contributed by atoms with Crippen LogP contribution in [0.3, 0.4) is 0 Å². The maximum Gasteiger partial charge on any atom is 0.326 e. The highest BCUT2D eigenvalue weighted by Crippen LogP contribution is 2.29. The second kappa shape index (κ2) is 20.2. The third-order valence-electron chi connectivity index (χ3n) is 9.88. The van der Waals surface area contributed by atoms with E-state index in [9.17, 15) is 29.1 Å². The number of hydrogen-bond acceptors (Lipinski definition) is 8. The van der Waals surface area contributed by atoms with Gasteiger partial charge in [-0.15, -0.1) is 0 Å². The molecule has 0 radical (unpaired) electrons. The SMILES string of the molecule is CCC(C)[C@@H](C(CC(=O)N1CCC[C@H]1[C@H](OC)[C@@H](C)C(=O)N[C@@H](Cc1ccccc1)C(=O)O)OC)N(C)C(=O)CNC(=O)[C@@H](NC)C(C)C. The summed E-state index contributed by atoms with van der Waals surface area (Å²) in [6.45, 7) is 9.82. The highest BCUT2D eigenvalue weighted by Gasteiger charge is 2.42. The van der Waals surface area contributed by atoms with Crippen molar-refractivity contribution < 1.29 is 38.6 Å². The van der Waals surface area contributed by atoms with Gasteiger partial charge in [-0.25, -0.2) is 4.79 Å². The fourth-order valence-electron chi connectivity index (χ4n) is 6.84. The quantitative estimate of drug-likeness (QED) is 0.160. The molecule has 4 amide bonds. The maximum absolute atomic E-state index is 13.9. The second-order valence-corrected chi connectivity index (χ2v) is 13.5. The lowest BCUT2D eigenvalue weighted by Gasteiger charge is -2.39. The topological polar surface area (TPSA) is 167 Å². The van der Waals surface area contributed by atoms with Crippen LogP contribution in [0.4, 0.5) is 0 Å². The van der Waals surface area contributed by atoms with Crippen LogP contribution in [0.5, 0.6) is 0 Å². The van der Waals surface area contributed by atoms with Crippen molar-refractivity contribution in [2.24, 2.45) is 17.8 Å². The molecule has 2 rings (SSSR count). The van der Waals surface area contributed by atoms with E-state index < -0.39 is 54.2 Å². The fourth-order valence-corrected chi connectivity index (χ4v) is 6.84. The molecule has 276 valence electrons. The summed E-state index contributed by atoms with van der Waals surface area (Å²) in [5, 5.41) is 18.2. The normalized spacial score (nSPS) is 18.9. The zero-order valence-corrected chi connectivity index (χ0v) is 30.7. The van der Waals surface area contributed by atoms with Crippen molar-refractivity contribution in [3.05, 3.63) is 35.9 Å². The number of benzene rings is 1. The number of carboxylic acid groups (broad SMARTS) is 1. The van der Waals surface area contributed by atoms with Crippen LogP contribution >= 0.6 is 0 Å². The summed E-state index contributed by atoms with van der Waals surface area (Å²) in [5.74, 6) is -3.08. The van der Waals surface area contributed by atoms with Gasteiger partial charge < -0.3 is 40.3 Å². The van der Waals surface area contributed by atoms with E-state index in [4.69, 9.17) is 9.47 Å². The van der Waals surface area contributed by atoms with Crippen LogP contribution < -0.4 is 16.0 Å². The Balaban J connectivity index is 2.17. The van der Waals surface area contributed by atoms with E-state index in [-0.39, 0.29) is 48.9 Å². The number of carbonyl (C=O) groups excluding carboxylic acids is 4. The molecule has 1 aliphatic rings. The molecule has 13 heteroatoms. The molecule has 8 atom stereocenters. The molecule has 0 bridgehead atoms. The lowest BCUT2D eigenvalue weighted by Crippen LogP contribution is -2.55. The lowest BCUT2D eigenvalue weighted by molar-refractivity contribution is -0.147. The van der Waals surface area contributed by atoms with E-state index in [0.717, 1.165) is 12.0 Å². The smallest absolute Gasteiger partial charge is 0.326 e. The van der Waals surface area contributed by atoms with Crippen molar-refractivity contribution in [3.8, 4) is 0 Å². The number of carboxylic acids is 1. The van der Waals surface area contributed by atoms with E-state index >= 15 is 0 Å². The van der Waals surface area contributed by atoms with Gasteiger partial charge in [-0.05, 0) is 37.3 Å². The molecule has 1 saturated heterocycles. The highest BCUT2D eigenvalue weighted by atomic mass is 16.5. The average Bonchev–Trinajstić information content (AvgIpc) is 3.56. The minimum absolute atomic E-state index is 0.00363. The number of aliphatic carboxylic acids is 1. The van der Waals surface area contributed by atoms with Crippen LogP contribution in [0.1, 0.15) is 65.9 Å². The Morgan fingerprint density at radius 2 is 1.67 bits per heavy atom. The van der Waals surface area contributed by atoms with Crippen LogP contribution in [-0.4, -0.2) is 122 Å². The van der Waals surface area contributed by atoms with Gasteiger partial charge in [0.1, 0.15) is 6.04 Å². The second-order valence-electron chi connectivity index (χ2n) is 13.5. The summed E-state index contributed by atoms with van der Waals surface area (Å²) in [6.07, 6.45) is 0.872. The molecule has 49 heavy (non-hydrogen) atoms. The van der Waals surface area contributed by atoms with Crippen LogP contribution in [0, 0.1) is 17.8 Å². The molecular weight excluding hydrogens is 630 g/mol. The third kappa shape index (κ3) is 11.5. The first-order valence-corrected chi connectivity index (χ1v) is 17.3. The zero-order chi connectivity index (χ0) is 36.8. The number of hydrogen-bond donors (Lipinski definition) is 4. The molecule has 1 aromatic carbocycles. The summed E-state index contributed by atoms with van der Waals surface area (Å²) in [7, 11) is 6.38. The predicted octanol–water partition coefficient (Wildman–Crippen LogP) is 2.08. The molecule has 0 aromatic heterocycles. The van der Waals surface area contributed by atoms with Gasteiger partial charge in [0.05, 0.1) is 49.2 Å². The van der Waals surface area contributed by atoms with Crippen molar-refractivity contribution in [2.45, 2.75) is 103 Å². The van der Waals surface area contributed by atoms with Crippen LogP contribution in [0.15, 0.2) is 30.3 Å². The molecular formula is C36H59N5O8. The number of likely N-dealkylation sites (tertiary alicyclic amines) is 1. The Morgan fingerprint density at radius 3 is 2.20 bits per heavy atom. The predicted molar refractivity (Wildman–Crippen MR) is 187 cm³/mol. The number of nitrogens with one attached hydrogen (secondary N) is 3. The number of likely N-dealkylation sites (N-methyl/N-ethyl adjacent to an activating group) is 2. The van der Waals surface area contributed by atoms with Gasteiger partial charge in [0.15, 0.2) is 0 Å². The van der Waals surface area contributed by atoms with E-state index in [0.29, 0.717) is 19.4 Å². The maximum atomic E-state index is 13.9. The van der Waals surface area contributed by atoms with Gasteiger partial charge in [-0.2, -0.15) is 0 Å². The fraction of sp³-hybridized carbons (Fsp3) is 0.694. The standard InChI is InChI=1S/C36H59N5O8/c1-10-23(4)32(40(7)30(43)21-38-35(45)31(37-6)22(2)3)28(48-8)20-29(42)41-18-14-17-27(41)33(49-9)24(5)34(44)39-26(36(46)47)19-25-15-12-11-13-16-25/h11-13,15-16,22-24,26-28,31-33,37H,10,14,17-21H2,1-9H3,(H,38,45)(H,39,44)(H,46,47)/t23?,24-,26+,27+,28?,31+,32+,33-/m1/s1. The van der Waals surface area contributed by atoms with Gasteiger partial charge in [-0.3, -0.25) is 19.2 Å². The molecule has 0 saturated carbocycles. The molecule has 0 aliphatic carbocycles. The zero-order valence-electron chi connectivity index (χ0n) is 30.7. The van der Waals surface area contributed by atoms with E-state index in [1.165, 1.54) is 14.2 Å². The van der Waals surface area contributed by atoms with Gasteiger partial charge in [-0.1, -0.05) is 71.4 Å². The van der Waals surface area contributed by atoms with Crippen molar-refractivity contribution >= 4 is 29.6 Å². The molecule has 0 spiro atoms. The van der Waals surface area contributed by atoms with Gasteiger partial charge >= 0.3 is 5.97 Å². The molecule has 1 aliphatic heterocycles. The Hall–Kier alpha value is -3.55. The van der Waals surface area contributed by atoms with Gasteiger partial charge in [0.2, 0.25) is 23.6 Å². The van der Waals surface area contributed by atoms with Crippen LogP contribution in [0.2, 0.25) is 0 Å². The minimum atomic E-state index is -1.14. The van der Waals surface area contributed by atoms with Crippen molar-refractivity contribution in [2.75, 3.05) is 41.4 Å². The van der Waals surface area contributed by atoms with Gasteiger partial charge in [0, 0.05) is 34.2 Å². The number of ether oxygens (including phenoxy) is 2. The van der Waals surface area contributed by atoms with Crippen molar-refractivity contribution in [3.63, 3.8) is 0 Å². The van der Waals surface area contributed by atoms with E-state index in [1.54, 1.807) is 30.8 Å². The van der Waals surface area contributed by atoms with Crippen LogP contribution in [0.25, 0.3) is 0 Å². The molecule has 4 N–H and O–H groups in total. The van der Waals surface area contributed by atoms with E-state index in [2.05, 4.69) is 16.0 Å². The Bertz CT molecular complexity index is 1230. The first kappa shape index (κ1) is 41.6. The highest BCUT2D eigenvalue weighted by molar-refractivity contribution is 5.88. The minimum Gasteiger partial charge on any atom is -0.480 e. The Kier molecular flexibility index (Phi) is 17.2. The summed E-state index contributed by atoms with van der Waals surface area (Å²) in [4.78, 5) is 68.6. The third-order valence-corrected chi connectivity index (χ3v) is 9.88. The monoisotopic (exact) mass is 689 g/mol. The number of rotatable bonds is 20. The summed E-state index contributed by atoms with van der Waals surface area (Å²) in [6, 6.07) is 6.67. The number of nitrogens with zero attached hydrogens (tertiary/aromatic N) is 2.